The molecule has 20 N–H and O–H groups in total. The lowest BCUT2D eigenvalue weighted by Crippen LogP contribution is -2.68. The van der Waals surface area contributed by atoms with E-state index in [0.29, 0.717) is 11.1 Å². The summed E-state index contributed by atoms with van der Waals surface area (Å²) in [7, 11) is -5.47. The maximum atomic E-state index is 12.5. The van der Waals surface area contributed by atoms with Crippen LogP contribution in [0.4, 0.5) is 0 Å². The van der Waals surface area contributed by atoms with Crippen molar-refractivity contribution in [3.8, 4) is 0 Å². The van der Waals surface area contributed by atoms with Crippen molar-refractivity contribution in [2.24, 2.45) is 0 Å². The Balaban J connectivity index is 1.01. The third-order valence-electron chi connectivity index (χ3n) is 17.5. The smallest absolute Gasteiger partial charge is 0.394 e. The molecule has 0 radical (unpaired) electrons. The Hall–Kier alpha value is -2.81. The quantitative estimate of drug-likeness (QED) is 0.0736. The molecule has 35 atom stereocenters. The number of hydrogen-bond donors (Lipinski definition) is 20. The Morgan fingerprint density at radius 1 is 0.295 bits per heavy atom. The van der Waals surface area contributed by atoms with Crippen LogP contribution in [0.3, 0.4) is 0 Å². The average Bonchev–Trinajstić information content (AvgIpc) is 1.34. The molecule has 0 spiro atoms. The first-order valence-electron chi connectivity index (χ1n) is 30.4. The van der Waals surface area contributed by atoms with Crippen LogP contribution in [0.5, 0.6) is 0 Å². The van der Waals surface area contributed by atoms with E-state index in [1.807, 2.05) is 0 Å². The predicted octanol–water partition coefficient (Wildman–Crippen LogP) is -10.7. The van der Waals surface area contributed by atoms with Gasteiger partial charge in [0.05, 0.1) is 59.5 Å². The molecule has 0 unspecified atom stereocenters. The number of ether oxygens (including phenoxy) is 16. The van der Waals surface area contributed by atoms with Gasteiger partial charge in [0, 0.05) is 0 Å². The molecule has 0 saturated carbocycles. The molecular weight excluding hydrogens is 1310 g/mol. The highest BCUT2D eigenvalue weighted by Crippen LogP contribution is 2.42. The topological polar surface area (TPSA) is 579 Å². The lowest BCUT2D eigenvalue weighted by molar-refractivity contribution is -0.400. The van der Waals surface area contributed by atoms with Gasteiger partial charge in [0.2, 0.25) is 0 Å². The fraction of sp³-hybridized carbons (Fsp3) is 0.786. The number of phosphoric acid groups is 1. The van der Waals surface area contributed by atoms with Crippen molar-refractivity contribution in [3.05, 3.63) is 71.8 Å². The van der Waals surface area contributed by atoms with Crippen LogP contribution in [0.25, 0.3) is 0 Å². The van der Waals surface area contributed by atoms with Crippen LogP contribution >= 0.6 is 7.82 Å². The largest absolute Gasteiger partial charge is 0.469 e. The zero-order chi connectivity index (χ0) is 68.3. The second kappa shape index (κ2) is 32.9. The second-order valence-corrected chi connectivity index (χ2v) is 25.0. The van der Waals surface area contributed by atoms with Crippen molar-refractivity contribution in [2.75, 3.05) is 46.2 Å². The van der Waals surface area contributed by atoms with E-state index in [4.69, 9.17) is 80.3 Å². The predicted molar refractivity (Wildman–Crippen MR) is 297 cm³/mol. The van der Waals surface area contributed by atoms with Crippen molar-refractivity contribution in [2.45, 2.75) is 228 Å². The Labute approximate surface area is 539 Å². The molecule has 540 valence electrons. The minimum absolute atomic E-state index is 0.323. The summed E-state index contributed by atoms with van der Waals surface area (Å²) in [6, 6.07) is 16.7. The molecule has 38 nitrogen and oxygen atoms in total. The Kier molecular flexibility index (Phi) is 25.9. The Morgan fingerprint density at radius 2 is 0.526 bits per heavy atom. The number of hydrogen-bond acceptors (Lipinski definition) is 36. The first kappa shape index (κ1) is 74.9. The molecule has 21 saturated heterocycles. The van der Waals surface area contributed by atoms with E-state index >= 15 is 0 Å². The van der Waals surface area contributed by atoms with E-state index in [0.717, 1.165) is 0 Å². The van der Waals surface area contributed by atoms with E-state index < -0.39 is 269 Å². The molecule has 0 amide bonds. The first-order valence-corrected chi connectivity index (χ1v) is 31.9. The van der Waals surface area contributed by atoms with Crippen molar-refractivity contribution in [3.63, 3.8) is 0 Å². The molecule has 95 heavy (non-hydrogen) atoms. The SMILES string of the molecule is O=P(O)(O)OC[C@H]1O[C@@H]2O[C@H]3[C@H](O)[C@@H](O)[C@@H](O[C@H]4[C@H](O)[C@@H](O)[C@@H](O[C@H]5[C@H](O)[C@@H](O)[C@@H](O[C@H]6[C@H](O)[C@@H](O)[C@@H](O[C@H]7[C@H](O)[C@@H](O)[C@@H](O[C@H]8[C@H](O)[C@@H](O)[C@@H](O[C@H]1[C@H](OCc1ccccc1)[C@H]2OCc1ccccc1)O[C@@H]8CO)O[C@@H]7CO)O[C@@H]6CO)O[C@@H]5CO)O[C@@H]4CO)O[C@@H]3CO. The number of rotatable bonds is 15. The Morgan fingerprint density at radius 3 is 0.779 bits per heavy atom. The van der Waals surface area contributed by atoms with E-state index in [1.165, 1.54) is 0 Å². The van der Waals surface area contributed by atoms with Crippen LogP contribution in [0, 0.1) is 0 Å². The van der Waals surface area contributed by atoms with Gasteiger partial charge in [-0.1, -0.05) is 60.7 Å². The molecular formula is C56H83O38P. The van der Waals surface area contributed by atoms with Crippen molar-refractivity contribution < 1.29 is 187 Å². The number of aliphatic hydroxyl groups is 18. The summed E-state index contributed by atoms with van der Waals surface area (Å²) in [5.74, 6) is 0. The summed E-state index contributed by atoms with van der Waals surface area (Å²) in [6.07, 6.45) is -70.8. The third kappa shape index (κ3) is 16.6. The van der Waals surface area contributed by atoms with Gasteiger partial charge in [-0.3, -0.25) is 4.52 Å². The van der Waals surface area contributed by atoms with E-state index in [-0.39, 0.29) is 13.2 Å². The third-order valence-corrected chi connectivity index (χ3v) is 18.0. The second-order valence-electron chi connectivity index (χ2n) is 23.8. The zero-order valence-electron chi connectivity index (χ0n) is 50.1. The van der Waals surface area contributed by atoms with Gasteiger partial charge < -0.3 is 177 Å². The van der Waals surface area contributed by atoms with Crippen LogP contribution < -0.4 is 0 Å². The average molecular weight is 1400 g/mol. The minimum atomic E-state index is -5.47. The van der Waals surface area contributed by atoms with Crippen LogP contribution in [-0.2, 0) is 98.1 Å². The van der Waals surface area contributed by atoms with E-state index in [2.05, 4.69) is 0 Å². The highest BCUT2D eigenvalue weighted by molar-refractivity contribution is 7.46. The highest BCUT2D eigenvalue weighted by atomic mass is 31.2. The van der Waals surface area contributed by atoms with E-state index in [1.54, 1.807) is 60.7 Å². The molecule has 0 aromatic heterocycles. The molecule has 21 aliphatic heterocycles. The van der Waals surface area contributed by atoms with Crippen molar-refractivity contribution >= 4 is 7.82 Å². The van der Waals surface area contributed by atoms with Crippen LogP contribution in [-0.4, -0.2) is 363 Å². The van der Waals surface area contributed by atoms with Crippen molar-refractivity contribution in [1.29, 1.82) is 0 Å². The minimum Gasteiger partial charge on any atom is -0.394 e. The summed E-state index contributed by atoms with van der Waals surface area (Å²) in [4.78, 5) is 20.2. The summed E-state index contributed by atoms with van der Waals surface area (Å²) in [5.41, 5.74) is 1.00. The van der Waals surface area contributed by atoms with Gasteiger partial charge in [-0.15, -0.1) is 0 Å². The molecule has 14 bridgehead atoms. The normalized spacial score (nSPS) is 47.2. The van der Waals surface area contributed by atoms with Crippen LogP contribution in [0.2, 0.25) is 0 Å². The monoisotopic (exact) mass is 1390 g/mol. The van der Waals surface area contributed by atoms with Crippen LogP contribution in [0.1, 0.15) is 11.1 Å². The lowest BCUT2D eigenvalue weighted by Gasteiger charge is -2.51. The lowest BCUT2D eigenvalue weighted by atomic mass is 9.95. The molecule has 21 heterocycles. The standard InChI is InChI=1S/C56H83O38P/c57-11-22-41-29(63)36(70)51(82-22)90-43-24(13-59)84-53(38(72)31(43)65)92-45-26(15-61)86-55(40(74)33(45)67)94-47-28(19-80-95(75,76)77)87-56(49(79-18-21-9-5-2-6-10-21)48(47)78-17-20-7-3-1-4-8-20)93-46-27(16-62)85-54(39(73)34(46)68)91-44-25(14-60)83-52(37(71)32(44)66)89-42-23(12-58)81-50(88-41)35(69)30(42)64/h1-10,22-74H,11-19H2,(H2,75,76,77)/t22-,23-,24-,25-,26-,27-,28-,29-,30-,31-,32-,33-,34-,35-,36-,37-,38-,39-,40-,41-,42-,43-,44-,45-,46-,47-,48+,49-,50-,51-,52-,53-,54-,55-,56-/m1/s1. The summed E-state index contributed by atoms with van der Waals surface area (Å²) >= 11 is 0. The van der Waals surface area contributed by atoms with Crippen LogP contribution in [0.15, 0.2) is 60.7 Å². The maximum absolute atomic E-state index is 12.5. The van der Waals surface area contributed by atoms with E-state index in [9.17, 15) is 106 Å². The Bertz CT molecular complexity index is 2690. The molecule has 0 aliphatic carbocycles. The zero-order valence-corrected chi connectivity index (χ0v) is 51.0. The first-order chi connectivity index (χ1) is 45.4. The summed E-state index contributed by atoms with van der Waals surface area (Å²) in [6.45, 7) is -8.27. The summed E-state index contributed by atoms with van der Waals surface area (Å²) < 4.78 is 114. The molecule has 39 heteroatoms. The van der Waals surface area contributed by atoms with Gasteiger partial charge in [-0.2, -0.15) is 0 Å². The number of benzene rings is 2. The highest BCUT2D eigenvalue weighted by Gasteiger charge is 2.60. The summed E-state index contributed by atoms with van der Waals surface area (Å²) in [5, 5.41) is 204. The van der Waals surface area contributed by atoms with Gasteiger partial charge in [0.15, 0.2) is 44.0 Å². The number of phosphoric ester groups is 1. The molecule has 21 fully saturated rings. The fourth-order valence-electron chi connectivity index (χ4n) is 12.4. The molecule has 21 aliphatic rings. The van der Waals surface area contributed by atoms with Gasteiger partial charge in [-0.05, 0) is 11.1 Å². The maximum Gasteiger partial charge on any atom is 0.469 e. The van der Waals surface area contributed by atoms with Gasteiger partial charge >= 0.3 is 7.82 Å². The molecule has 2 aromatic carbocycles. The van der Waals surface area contributed by atoms with Crippen molar-refractivity contribution in [1.82, 2.24) is 0 Å². The number of aliphatic hydroxyl groups excluding tert-OH is 18. The molecule has 23 rings (SSSR count). The van der Waals surface area contributed by atoms with Gasteiger partial charge in [-0.25, -0.2) is 4.57 Å². The molecule has 2 aromatic rings. The fourth-order valence-corrected chi connectivity index (χ4v) is 12.8. The van der Waals surface area contributed by atoms with Gasteiger partial charge in [0.25, 0.3) is 0 Å². The van der Waals surface area contributed by atoms with Gasteiger partial charge in [0.1, 0.15) is 171 Å².